The van der Waals surface area contributed by atoms with E-state index >= 15 is 0 Å². The molecule has 3 saturated heterocycles. The maximum Gasteiger partial charge on any atom is 0.317 e. The van der Waals surface area contributed by atoms with Crippen LogP contribution < -0.4 is 5.73 Å². The van der Waals surface area contributed by atoms with E-state index in [0.717, 1.165) is 0 Å². The number of ketones is 2. The zero-order valence-electron chi connectivity index (χ0n) is 35.8. The van der Waals surface area contributed by atoms with Crippen LogP contribution in [0.15, 0.2) is 34.0 Å². The van der Waals surface area contributed by atoms with E-state index in [1.54, 1.807) is 65.9 Å². The SMILES string of the molecule is CC[C@H]1OC(=O)[C@H](C)C(=O)[C@H](C)[C@@H](OC2OC(C)CC(N(C)C)C2O)[C@@](C)(OC)C[C@@H](C)C(=O)[C@H](C)C2C(/C(N)=N\OCc3nnc(-c4ccccn4)o3)C(=O)O[C@@]21C. The van der Waals surface area contributed by atoms with Crippen LogP contribution >= 0.6 is 0 Å². The van der Waals surface area contributed by atoms with E-state index < -0.39 is 89.0 Å². The van der Waals surface area contributed by atoms with Gasteiger partial charge in [0.15, 0.2) is 30.1 Å². The quantitative estimate of drug-likeness (QED) is 0.115. The maximum atomic E-state index is 14.7. The molecule has 0 spiro atoms. The van der Waals surface area contributed by atoms with Crippen LogP contribution in [0.3, 0.4) is 0 Å². The highest BCUT2D eigenvalue weighted by molar-refractivity contribution is 6.03. The van der Waals surface area contributed by atoms with Crippen molar-refractivity contribution in [2.45, 2.75) is 129 Å². The first kappa shape index (κ1) is 45.7. The Morgan fingerprint density at radius 3 is 2.37 bits per heavy atom. The van der Waals surface area contributed by atoms with Crippen molar-refractivity contribution >= 4 is 29.3 Å². The van der Waals surface area contributed by atoms with Crippen LogP contribution in [0.25, 0.3) is 11.6 Å². The van der Waals surface area contributed by atoms with Gasteiger partial charge < -0.3 is 48.7 Å². The second-order valence-corrected chi connectivity index (χ2v) is 16.8. The lowest BCUT2D eigenvalue weighted by Gasteiger charge is -2.47. The number of hydrogen-bond acceptors (Lipinski definition) is 17. The summed E-state index contributed by atoms with van der Waals surface area (Å²) in [6, 6.07) is 4.91. The molecule has 0 radical (unpaired) electrons. The first-order valence-corrected chi connectivity index (χ1v) is 20.2. The predicted octanol–water partition coefficient (Wildman–Crippen LogP) is 3.09. The first-order chi connectivity index (χ1) is 27.8. The van der Waals surface area contributed by atoms with Gasteiger partial charge in [-0.15, -0.1) is 10.2 Å². The molecule has 6 unspecified atom stereocenters. The van der Waals surface area contributed by atoms with Gasteiger partial charge in [0.25, 0.3) is 11.8 Å². The first-order valence-electron chi connectivity index (χ1n) is 20.2. The number of carbonyl (C=O) groups excluding carboxylic acids is 4. The number of cyclic esters (lactones) is 1. The number of methoxy groups -OCH3 is 1. The lowest BCUT2D eigenvalue weighted by molar-refractivity contribution is -0.295. The molecule has 326 valence electrons. The second-order valence-electron chi connectivity index (χ2n) is 16.8. The minimum atomic E-state index is -1.59. The highest BCUT2D eigenvalue weighted by Crippen LogP contribution is 2.48. The molecule has 5 heterocycles. The molecule has 2 aromatic heterocycles. The van der Waals surface area contributed by atoms with Gasteiger partial charge in [0, 0.05) is 43.0 Å². The number of aromatic nitrogens is 3. The zero-order chi connectivity index (χ0) is 43.6. The summed E-state index contributed by atoms with van der Waals surface area (Å²) in [4.78, 5) is 68.4. The number of carbonyl (C=O) groups is 4. The Kier molecular flexibility index (Phi) is 14.3. The molecule has 3 N–H and O–H groups in total. The monoisotopic (exact) mass is 828 g/mol. The fourth-order valence-electron chi connectivity index (χ4n) is 9.07. The number of esters is 2. The number of aliphatic hydroxyl groups excluding tert-OH is 1. The van der Waals surface area contributed by atoms with Gasteiger partial charge in [0.2, 0.25) is 0 Å². The van der Waals surface area contributed by atoms with Gasteiger partial charge in [-0.2, -0.15) is 0 Å². The zero-order valence-corrected chi connectivity index (χ0v) is 35.8. The third-order valence-corrected chi connectivity index (χ3v) is 12.4. The summed E-state index contributed by atoms with van der Waals surface area (Å²) in [6.45, 7) is 13.1. The van der Waals surface area contributed by atoms with Crippen molar-refractivity contribution in [3.05, 3.63) is 30.3 Å². The summed E-state index contributed by atoms with van der Waals surface area (Å²) >= 11 is 0. The number of pyridine rings is 1. The van der Waals surface area contributed by atoms with Gasteiger partial charge >= 0.3 is 11.9 Å². The van der Waals surface area contributed by atoms with E-state index in [1.807, 2.05) is 25.9 Å². The normalized spacial score (nSPS) is 37.7. The van der Waals surface area contributed by atoms with Crippen LogP contribution in [0.5, 0.6) is 0 Å². The van der Waals surface area contributed by atoms with Crippen molar-refractivity contribution in [3.8, 4) is 11.6 Å². The number of rotatable bonds is 10. The van der Waals surface area contributed by atoms with Crippen LogP contribution in [-0.2, 0) is 54.3 Å². The van der Waals surface area contributed by atoms with Gasteiger partial charge in [-0.05, 0) is 73.2 Å². The molecule has 0 bridgehead atoms. The number of ether oxygens (including phenoxy) is 5. The van der Waals surface area contributed by atoms with E-state index in [2.05, 4.69) is 20.3 Å². The third-order valence-electron chi connectivity index (χ3n) is 12.4. The Balaban J connectivity index is 1.49. The van der Waals surface area contributed by atoms with Crippen molar-refractivity contribution < 1.29 is 57.2 Å². The lowest BCUT2D eigenvalue weighted by Crippen LogP contribution is -2.59. The molecule has 2 aromatic rings. The summed E-state index contributed by atoms with van der Waals surface area (Å²) in [7, 11) is 5.15. The van der Waals surface area contributed by atoms with E-state index in [9.17, 15) is 24.3 Å². The smallest absolute Gasteiger partial charge is 0.317 e. The molecule has 5 rings (SSSR count). The lowest BCUT2D eigenvalue weighted by atomic mass is 9.67. The molecule has 18 nitrogen and oxygen atoms in total. The van der Waals surface area contributed by atoms with Crippen molar-refractivity contribution in [2.24, 2.45) is 46.4 Å². The number of hydrogen-bond donors (Lipinski definition) is 2. The second kappa shape index (κ2) is 18.5. The third kappa shape index (κ3) is 9.36. The Bertz CT molecular complexity index is 1840. The molecule has 3 aliphatic rings. The number of nitrogens with zero attached hydrogens (tertiary/aromatic N) is 5. The summed E-state index contributed by atoms with van der Waals surface area (Å²) in [6.07, 6.45) is -2.42. The number of likely N-dealkylation sites (N-methyl/N-ethyl adjacent to an activating group) is 1. The summed E-state index contributed by atoms with van der Waals surface area (Å²) < 4.78 is 36.6. The average molecular weight is 829 g/mol. The molecule has 59 heavy (non-hydrogen) atoms. The molecule has 18 heteroatoms. The summed E-state index contributed by atoms with van der Waals surface area (Å²) in [5.41, 5.74) is 4.03. The Labute approximate surface area is 344 Å². The molecule has 0 saturated carbocycles. The number of oxime groups is 1. The minimum absolute atomic E-state index is 0.0424. The summed E-state index contributed by atoms with van der Waals surface area (Å²) in [5.74, 6) is -8.83. The number of Topliss-reactive ketones (excluding diaryl/α,β-unsaturated/α-hetero) is 2. The number of aliphatic hydroxyl groups is 1. The Morgan fingerprint density at radius 1 is 1.03 bits per heavy atom. The molecular formula is C41H60N6O12. The Morgan fingerprint density at radius 2 is 1.75 bits per heavy atom. The van der Waals surface area contributed by atoms with Crippen LogP contribution in [0.1, 0.15) is 80.5 Å². The van der Waals surface area contributed by atoms with Gasteiger partial charge in [0.05, 0.1) is 17.8 Å². The minimum Gasteiger partial charge on any atom is -0.458 e. The van der Waals surface area contributed by atoms with Gasteiger partial charge in [-0.3, -0.25) is 24.2 Å². The molecule has 0 amide bonds. The average Bonchev–Trinajstić information content (AvgIpc) is 3.79. The molecule has 0 aromatic carbocycles. The molecule has 3 aliphatic heterocycles. The Hall–Kier alpha value is -4.36. The van der Waals surface area contributed by atoms with Crippen molar-refractivity contribution in [2.75, 3.05) is 21.2 Å². The van der Waals surface area contributed by atoms with Crippen molar-refractivity contribution in [1.29, 1.82) is 0 Å². The molecule has 0 aliphatic carbocycles. The highest BCUT2D eigenvalue weighted by Gasteiger charge is 2.62. The maximum absolute atomic E-state index is 14.7. The largest absolute Gasteiger partial charge is 0.458 e. The molecular weight excluding hydrogens is 768 g/mol. The number of amidine groups is 1. The number of fused-ring (bicyclic) bond motifs is 1. The predicted molar refractivity (Wildman–Crippen MR) is 210 cm³/mol. The van der Waals surface area contributed by atoms with Crippen molar-refractivity contribution in [3.63, 3.8) is 0 Å². The van der Waals surface area contributed by atoms with E-state index in [-0.39, 0.29) is 55.0 Å². The van der Waals surface area contributed by atoms with Crippen LogP contribution in [0.4, 0.5) is 0 Å². The molecule has 14 atom stereocenters. The topological polar surface area (TPSA) is 237 Å². The van der Waals surface area contributed by atoms with Crippen LogP contribution in [0, 0.1) is 35.5 Å². The summed E-state index contributed by atoms with van der Waals surface area (Å²) in [5, 5.41) is 23.4. The van der Waals surface area contributed by atoms with Crippen LogP contribution in [0.2, 0.25) is 0 Å². The fourth-order valence-corrected chi connectivity index (χ4v) is 9.07. The fraction of sp³-hybridized carbons (Fsp3) is 0.707. The van der Waals surface area contributed by atoms with E-state index in [0.29, 0.717) is 12.1 Å². The van der Waals surface area contributed by atoms with E-state index in [4.69, 9.17) is 38.7 Å². The standard InChI is InChI=1S/C41H60N6O12/c1-12-27-41(8)30(29(38(52)59-41)35(42)46-54-19-28-44-45-36(57-28)25-15-13-14-16-43-25)22(4)31(48)20(2)18-40(7,53-11)34(23(5)32(49)24(6)37(51)56-27)58-39-33(50)26(47(9)10)17-21(3)55-39/h13-16,20-24,26-27,29-30,33-34,39,50H,12,17-19H2,1-11H3,(H2,42,46)/t20-,21?,22-,23+,24-,26?,27-,29?,30?,33?,34-,39?,40+,41-/m1/s1. The van der Waals surface area contributed by atoms with E-state index in [1.165, 1.54) is 14.0 Å². The number of nitrogens with two attached hydrogens (primary N) is 1. The molecule has 3 fully saturated rings. The van der Waals surface area contributed by atoms with Gasteiger partial charge in [-0.1, -0.05) is 38.9 Å². The van der Waals surface area contributed by atoms with Gasteiger partial charge in [0.1, 0.15) is 35.5 Å². The van der Waals surface area contributed by atoms with Crippen molar-refractivity contribution in [1.82, 2.24) is 20.1 Å². The van der Waals surface area contributed by atoms with Gasteiger partial charge in [-0.25, -0.2) is 0 Å². The highest BCUT2D eigenvalue weighted by atomic mass is 16.7. The van der Waals surface area contributed by atoms with Crippen LogP contribution in [-0.4, -0.2) is 124 Å².